The van der Waals surface area contributed by atoms with Crippen molar-refractivity contribution in [2.24, 2.45) is 11.8 Å². The highest BCUT2D eigenvalue weighted by Gasteiger charge is 2.59. The van der Waals surface area contributed by atoms with Gasteiger partial charge in [0.2, 0.25) is 0 Å². The van der Waals surface area contributed by atoms with Crippen molar-refractivity contribution in [1.29, 1.82) is 0 Å². The number of hydrogen-bond donors (Lipinski definition) is 9. The normalized spacial score (nSPS) is 44.2. The molecule has 6 saturated heterocycles. The van der Waals surface area contributed by atoms with Crippen LogP contribution in [0.1, 0.15) is 159 Å². The van der Waals surface area contributed by atoms with E-state index < -0.39 is 190 Å². The largest absolute Gasteiger partial charge is 0.457 e. The lowest BCUT2D eigenvalue weighted by Crippen LogP contribution is -2.68. The van der Waals surface area contributed by atoms with Gasteiger partial charge < -0.3 is 108 Å². The predicted octanol–water partition coefficient (Wildman–Crippen LogP) is 1.43. The standard InChI is InChI=1S/C56H96O25/c1-10-13-19-22-32-23-20-17-15-14-16-18-21-24-34(58)75-46-42(66)54(80-47-38(62)35(59)28(6)69-55(47)73-32)71-30(8)44(46)79-56-49(77-51(68)27(5)12-3)48(81-53-40(64)37(61)36(60)33(25-57)74-53)45(31(9)72-56)78-52-41(65)39(63)43(29(7)70-52)76-50(67)26(4)11-2/h26-33,35-49,52-57,59-66H,10-25H2,1-9H3/t26-,27-,28+,29-,30-,31-,32+,33+,35-,36+,37-,38-,39-,40+,41+,42-,43-,44-,45-,46-,47+,48+,49+,52-,53-,54-,55-,56-/m0/s1. The summed E-state index contributed by atoms with van der Waals surface area (Å²) in [5.74, 6) is -3.50. The second kappa shape index (κ2) is 31.9. The van der Waals surface area contributed by atoms with E-state index in [1.54, 1.807) is 34.6 Å². The van der Waals surface area contributed by atoms with E-state index in [0.29, 0.717) is 25.7 Å². The van der Waals surface area contributed by atoms with Gasteiger partial charge in [-0.2, -0.15) is 0 Å². The Hall–Kier alpha value is -2.35. The van der Waals surface area contributed by atoms with Crippen LogP contribution < -0.4 is 0 Å². The Labute approximate surface area is 475 Å². The topological polar surface area (TPSA) is 353 Å². The summed E-state index contributed by atoms with van der Waals surface area (Å²) in [4.78, 5) is 40.9. The molecule has 470 valence electrons. The molecule has 6 aliphatic rings. The highest BCUT2D eigenvalue weighted by Crippen LogP contribution is 2.39. The average Bonchev–Trinajstić information content (AvgIpc) is 3.55. The number of fused-ring (bicyclic) bond motifs is 3. The van der Waals surface area contributed by atoms with Crippen molar-refractivity contribution in [3.8, 4) is 0 Å². The molecule has 0 aromatic rings. The number of aliphatic hydroxyl groups is 9. The third-order valence-corrected chi connectivity index (χ3v) is 16.7. The van der Waals surface area contributed by atoms with Gasteiger partial charge >= 0.3 is 17.9 Å². The molecule has 28 atom stereocenters. The van der Waals surface area contributed by atoms with Crippen LogP contribution in [0.15, 0.2) is 0 Å². The van der Waals surface area contributed by atoms with Crippen LogP contribution >= 0.6 is 0 Å². The first-order valence-corrected chi connectivity index (χ1v) is 29.8. The van der Waals surface area contributed by atoms with Gasteiger partial charge in [0.15, 0.2) is 49.8 Å². The summed E-state index contributed by atoms with van der Waals surface area (Å²) in [5.41, 5.74) is 0. The number of unbranched alkanes of at least 4 members (excludes halogenated alkanes) is 2. The molecule has 6 heterocycles. The smallest absolute Gasteiger partial charge is 0.309 e. The van der Waals surface area contributed by atoms with Crippen molar-refractivity contribution >= 4 is 17.9 Å². The van der Waals surface area contributed by atoms with Gasteiger partial charge in [0.1, 0.15) is 79.4 Å². The van der Waals surface area contributed by atoms with Crippen molar-refractivity contribution in [3.63, 3.8) is 0 Å². The van der Waals surface area contributed by atoms with E-state index in [0.717, 1.165) is 57.8 Å². The molecule has 0 radical (unpaired) electrons. The molecule has 25 nitrogen and oxygen atoms in total. The highest BCUT2D eigenvalue weighted by molar-refractivity contribution is 5.72. The molecule has 0 unspecified atom stereocenters. The number of carbonyl (C=O) groups is 3. The molecule has 2 bridgehead atoms. The second-order valence-corrected chi connectivity index (χ2v) is 23.0. The van der Waals surface area contributed by atoms with Crippen molar-refractivity contribution in [3.05, 3.63) is 0 Å². The Balaban J connectivity index is 1.37. The molecule has 6 rings (SSSR count). The van der Waals surface area contributed by atoms with Crippen LogP contribution in [-0.4, -0.2) is 230 Å². The molecule has 6 aliphatic heterocycles. The van der Waals surface area contributed by atoms with E-state index in [1.807, 2.05) is 0 Å². The summed E-state index contributed by atoms with van der Waals surface area (Å²) in [6.45, 7) is 14.1. The Morgan fingerprint density at radius 2 is 1.05 bits per heavy atom. The first-order valence-electron chi connectivity index (χ1n) is 29.8. The average molecular weight is 1170 g/mol. The Kier molecular flexibility index (Phi) is 26.7. The molecule has 6 fully saturated rings. The van der Waals surface area contributed by atoms with Gasteiger partial charge in [-0.05, 0) is 59.8 Å². The van der Waals surface area contributed by atoms with Gasteiger partial charge in [-0.3, -0.25) is 14.4 Å². The summed E-state index contributed by atoms with van der Waals surface area (Å²) < 4.78 is 81.4. The minimum absolute atomic E-state index is 0.0467. The van der Waals surface area contributed by atoms with Crippen LogP contribution in [0, 0.1) is 11.8 Å². The highest BCUT2D eigenvalue weighted by atomic mass is 16.8. The zero-order valence-electron chi connectivity index (χ0n) is 48.5. The fraction of sp³-hybridized carbons (Fsp3) is 0.946. The maximum atomic E-state index is 14.1. The SMILES string of the molecule is CCCCC[C@@H]1CCCCCCCCCC(=O)O[C@H]2[C@H](O)[C@H](O[C@H]3[C@H](O1)O[C@H](C)[C@H](O)[C@@H]3O)O[C@@H](C)[C@@H]2O[C@@H]1O[C@@H](C)[C@H](O[C@@H]2O[C@@H](C)[C@H](OC(=O)[C@@H](C)CC)[C@@H](O)[C@H]2O)[C@@H](O[C@@H]2O[C@H](CO)[C@@H](O)[C@H](O)[C@H]2O)[C@H]1OC(=O)[C@@H](C)CC. The molecule has 9 N–H and O–H groups in total. The molecule has 0 saturated carbocycles. The minimum Gasteiger partial charge on any atom is -0.457 e. The number of ether oxygens (including phenoxy) is 13. The molecule has 0 aromatic heterocycles. The Bertz CT molecular complexity index is 1900. The summed E-state index contributed by atoms with van der Waals surface area (Å²) in [6, 6.07) is 0. The van der Waals surface area contributed by atoms with E-state index in [2.05, 4.69) is 6.92 Å². The molecular weight excluding hydrogens is 1070 g/mol. The Morgan fingerprint density at radius 1 is 0.506 bits per heavy atom. The van der Waals surface area contributed by atoms with Gasteiger partial charge in [-0.1, -0.05) is 92.4 Å². The van der Waals surface area contributed by atoms with E-state index in [9.17, 15) is 60.3 Å². The van der Waals surface area contributed by atoms with E-state index in [-0.39, 0.29) is 18.9 Å². The van der Waals surface area contributed by atoms with Crippen LogP contribution in [0.4, 0.5) is 0 Å². The molecule has 0 amide bonds. The third-order valence-electron chi connectivity index (χ3n) is 16.7. The van der Waals surface area contributed by atoms with Gasteiger partial charge in [0.25, 0.3) is 0 Å². The molecular formula is C56H96O25. The second-order valence-electron chi connectivity index (χ2n) is 23.0. The third kappa shape index (κ3) is 17.2. The van der Waals surface area contributed by atoms with Crippen LogP contribution in [0.5, 0.6) is 0 Å². The summed E-state index contributed by atoms with van der Waals surface area (Å²) >= 11 is 0. The van der Waals surface area contributed by atoms with Crippen molar-refractivity contribution in [1.82, 2.24) is 0 Å². The van der Waals surface area contributed by atoms with Crippen LogP contribution in [0.2, 0.25) is 0 Å². The summed E-state index contributed by atoms with van der Waals surface area (Å²) in [6.07, 6.45) is -29.3. The molecule has 0 aromatic carbocycles. The summed E-state index contributed by atoms with van der Waals surface area (Å²) in [7, 11) is 0. The monoisotopic (exact) mass is 1170 g/mol. The van der Waals surface area contributed by atoms with Crippen molar-refractivity contribution in [2.75, 3.05) is 6.61 Å². The van der Waals surface area contributed by atoms with Crippen molar-refractivity contribution in [2.45, 2.75) is 318 Å². The van der Waals surface area contributed by atoms with Gasteiger partial charge in [-0.25, -0.2) is 0 Å². The zero-order valence-corrected chi connectivity index (χ0v) is 48.5. The van der Waals surface area contributed by atoms with Gasteiger partial charge in [0.05, 0.1) is 49.0 Å². The van der Waals surface area contributed by atoms with Crippen molar-refractivity contribution < 1.29 is 122 Å². The molecule has 81 heavy (non-hydrogen) atoms. The first-order chi connectivity index (χ1) is 38.5. The zero-order chi connectivity index (χ0) is 59.4. The fourth-order valence-electron chi connectivity index (χ4n) is 11.0. The Morgan fingerprint density at radius 3 is 1.69 bits per heavy atom. The maximum absolute atomic E-state index is 14.1. The molecule has 0 aliphatic carbocycles. The quantitative estimate of drug-likeness (QED) is 0.0565. The molecule has 25 heteroatoms. The number of esters is 3. The lowest BCUT2D eigenvalue weighted by Gasteiger charge is -2.51. The predicted molar refractivity (Wildman–Crippen MR) is 280 cm³/mol. The van der Waals surface area contributed by atoms with Crippen LogP contribution in [0.3, 0.4) is 0 Å². The number of aliphatic hydroxyl groups excluding tert-OH is 9. The minimum atomic E-state index is -2.02. The number of hydrogen-bond acceptors (Lipinski definition) is 25. The van der Waals surface area contributed by atoms with Gasteiger partial charge in [0, 0.05) is 6.42 Å². The van der Waals surface area contributed by atoms with Crippen LogP contribution in [0.25, 0.3) is 0 Å². The van der Waals surface area contributed by atoms with E-state index in [4.69, 9.17) is 61.6 Å². The number of rotatable bonds is 17. The lowest BCUT2D eigenvalue weighted by atomic mass is 9.95. The van der Waals surface area contributed by atoms with E-state index >= 15 is 0 Å². The van der Waals surface area contributed by atoms with Gasteiger partial charge in [-0.15, -0.1) is 0 Å². The lowest BCUT2D eigenvalue weighted by molar-refractivity contribution is -0.400. The van der Waals surface area contributed by atoms with E-state index in [1.165, 1.54) is 20.8 Å². The summed E-state index contributed by atoms with van der Waals surface area (Å²) in [5, 5.41) is 101. The number of carbonyl (C=O) groups excluding carboxylic acids is 3. The first kappa shape index (κ1) is 67.8. The molecule has 0 spiro atoms. The fourth-order valence-corrected chi connectivity index (χ4v) is 11.0. The van der Waals surface area contributed by atoms with Crippen LogP contribution in [-0.2, 0) is 76.0 Å². The maximum Gasteiger partial charge on any atom is 0.309 e.